The van der Waals surface area contributed by atoms with Crippen molar-refractivity contribution in [2.75, 3.05) is 5.32 Å². The zero-order chi connectivity index (χ0) is 19.4. The van der Waals surface area contributed by atoms with Crippen molar-refractivity contribution in [3.8, 4) is 5.75 Å². The van der Waals surface area contributed by atoms with Gasteiger partial charge in [-0.3, -0.25) is 9.59 Å². The molecule has 27 heavy (non-hydrogen) atoms. The molecule has 138 valence electrons. The summed E-state index contributed by atoms with van der Waals surface area (Å²) < 4.78 is 18.5. The number of aromatic nitrogens is 1. The van der Waals surface area contributed by atoms with Crippen molar-refractivity contribution in [2.24, 2.45) is 0 Å². The van der Waals surface area contributed by atoms with E-state index in [1.165, 1.54) is 42.5 Å². The molecule has 0 aliphatic heterocycles. The lowest BCUT2D eigenvalue weighted by Gasteiger charge is -2.04. The van der Waals surface area contributed by atoms with Gasteiger partial charge in [-0.2, -0.15) is 0 Å². The third kappa shape index (κ3) is 4.77. The fourth-order valence-corrected chi connectivity index (χ4v) is 3.25. The van der Waals surface area contributed by atoms with Gasteiger partial charge in [-0.25, -0.2) is 9.37 Å². The first-order valence-electron chi connectivity index (χ1n) is 8.19. The zero-order valence-corrected chi connectivity index (χ0v) is 15.6. The van der Waals surface area contributed by atoms with Gasteiger partial charge in [0, 0.05) is 11.3 Å². The number of ether oxygens (including phenoxy) is 1. The van der Waals surface area contributed by atoms with Crippen LogP contribution in [0.2, 0.25) is 0 Å². The molecule has 0 spiro atoms. The van der Waals surface area contributed by atoms with E-state index in [9.17, 15) is 14.0 Å². The van der Waals surface area contributed by atoms with Crippen molar-refractivity contribution >= 4 is 28.7 Å². The number of hydrogen-bond acceptors (Lipinski definition) is 5. The zero-order valence-electron chi connectivity index (χ0n) is 14.8. The summed E-state index contributed by atoms with van der Waals surface area (Å²) in [6, 6.07) is 12.4. The number of anilines is 1. The number of halogens is 1. The molecule has 5 nitrogen and oxygen atoms in total. The minimum Gasteiger partial charge on any atom is -0.486 e. The van der Waals surface area contributed by atoms with Crippen molar-refractivity contribution < 1.29 is 18.7 Å². The van der Waals surface area contributed by atoms with Crippen LogP contribution in [0.15, 0.2) is 48.5 Å². The standard InChI is InChI=1S/C20H17FN2O3S/c1-12-19(20(25)23-16-7-3-14(4-8-16)13(2)24)27-18(22-12)11-26-17-9-5-15(21)6-10-17/h3-10H,11H2,1-2H3,(H,23,25). The van der Waals surface area contributed by atoms with Crippen molar-refractivity contribution in [3.05, 3.63) is 75.5 Å². The third-order valence-corrected chi connectivity index (χ3v) is 4.90. The monoisotopic (exact) mass is 384 g/mol. The molecule has 7 heteroatoms. The smallest absolute Gasteiger partial charge is 0.267 e. The Bertz CT molecular complexity index is 966. The number of rotatable bonds is 6. The minimum atomic E-state index is -0.331. The van der Waals surface area contributed by atoms with Crippen LogP contribution in [0, 0.1) is 12.7 Å². The van der Waals surface area contributed by atoms with Crippen LogP contribution >= 0.6 is 11.3 Å². The first-order valence-corrected chi connectivity index (χ1v) is 9.01. The van der Waals surface area contributed by atoms with Crippen LogP contribution in [-0.2, 0) is 6.61 Å². The Morgan fingerprint density at radius 3 is 2.41 bits per heavy atom. The van der Waals surface area contributed by atoms with Gasteiger partial charge in [-0.1, -0.05) is 0 Å². The van der Waals surface area contributed by atoms with E-state index >= 15 is 0 Å². The van der Waals surface area contributed by atoms with Crippen LogP contribution in [0.3, 0.4) is 0 Å². The van der Waals surface area contributed by atoms with Crippen molar-refractivity contribution in [2.45, 2.75) is 20.5 Å². The maximum absolute atomic E-state index is 12.9. The minimum absolute atomic E-state index is 0.0306. The van der Waals surface area contributed by atoms with Crippen LogP contribution in [0.1, 0.15) is 37.7 Å². The molecule has 0 aliphatic carbocycles. The predicted molar refractivity (Wildman–Crippen MR) is 102 cm³/mol. The SMILES string of the molecule is CC(=O)c1ccc(NC(=O)c2sc(COc3ccc(F)cc3)nc2C)cc1. The van der Waals surface area contributed by atoms with Crippen molar-refractivity contribution in [1.29, 1.82) is 0 Å². The molecule has 0 unspecified atom stereocenters. The highest BCUT2D eigenvalue weighted by molar-refractivity contribution is 7.13. The summed E-state index contributed by atoms with van der Waals surface area (Å²) in [7, 11) is 0. The molecule has 0 aliphatic rings. The maximum Gasteiger partial charge on any atom is 0.267 e. The van der Waals surface area contributed by atoms with Gasteiger partial charge in [-0.05, 0) is 62.4 Å². The predicted octanol–water partition coefficient (Wildman–Crippen LogP) is 4.62. The first-order chi connectivity index (χ1) is 12.9. The Kier molecular flexibility index (Phi) is 5.61. The Labute approximate surface area is 159 Å². The van der Waals surface area contributed by atoms with Crippen LogP contribution in [0.4, 0.5) is 10.1 Å². The Morgan fingerprint density at radius 2 is 1.78 bits per heavy atom. The molecule has 0 saturated carbocycles. The van der Waals surface area contributed by atoms with Gasteiger partial charge in [0.1, 0.15) is 28.1 Å². The Hall–Kier alpha value is -3.06. The molecule has 1 N–H and O–H groups in total. The second kappa shape index (κ2) is 8.09. The number of thiazole rings is 1. The molecule has 3 aromatic rings. The first kappa shape index (κ1) is 18.7. The summed E-state index contributed by atoms with van der Waals surface area (Å²) in [4.78, 5) is 28.6. The van der Waals surface area contributed by atoms with Crippen LogP contribution in [0.5, 0.6) is 5.75 Å². The molecule has 0 bridgehead atoms. The largest absolute Gasteiger partial charge is 0.486 e. The highest BCUT2D eigenvalue weighted by Crippen LogP contribution is 2.22. The average molecular weight is 384 g/mol. The van der Waals surface area contributed by atoms with Gasteiger partial charge in [0.25, 0.3) is 5.91 Å². The summed E-state index contributed by atoms with van der Waals surface area (Å²) in [5.74, 6) is -0.103. The number of ketones is 1. The van der Waals surface area contributed by atoms with Gasteiger partial charge in [0.2, 0.25) is 0 Å². The fraction of sp³-hybridized carbons (Fsp3) is 0.150. The Balaban J connectivity index is 1.65. The number of Topliss-reactive ketones (excluding diaryl/α,β-unsaturated/α-hetero) is 1. The molecule has 0 radical (unpaired) electrons. The van der Waals surface area contributed by atoms with Crippen LogP contribution in [0.25, 0.3) is 0 Å². The summed E-state index contributed by atoms with van der Waals surface area (Å²) in [6.07, 6.45) is 0. The molecule has 2 aromatic carbocycles. The third-order valence-electron chi connectivity index (χ3n) is 3.77. The second-order valence-corrected chi connectivity index (χ2v) is 6.94. The van der Waals surface area contributed by atoms with Gasteiger partial charge in [0.05, 0.1) is 5.69 Å². The second-order valence-electron chi connectivity index (χ2n) is 5.85. The molecule has 1 amide bonds. The number of aryl methyl sites for hydroxylation is 1. The number of amides is 1. The van der Waals surface area contributed by atoms with E-state index < -0.39 is 0 Å². The molecule has 1 heterocycles. The summed E-state index contributed by atoms with van der Waals surface area (Å²) in [6.45, 7) is 3.44. The van der Waals surface area contributed by atoms with Gasteiger partial charge in [0.15, 0.2) is 5.78 Å². The number of nitrogens with zero attached hydrogens (tertiary/aromatic N) is 1. The summed E-state index contributed by atoms with van der Waals surface area (Å²) >= 11 is 1.24. The number of carbonyl (C=O) groups is 2. The van der Waals surface area contributed by atoms with Crippen molar-refractivity contribution in [3.63, 3.8) is 0 Å². The van der Waals surface area contributed by atoms with Gasteiger partial charge in [-0.15, -0.1) is 11.3 Å². The van der Waals surface area contributed by atoms with E-state index in [2.05, 4.69) is 10.3 Å². The summed E-state index contributed by atoms with van der Waals surface area (Å²) in [5, 5.41) is 3.44. The Morgan fingerprint density at radius 1 is 1.11 bits per heavy atom. The average Bonchev–Trinajstić information content (AvgIpc) is 3.02. The number of hydrogen-bond donors (Lipinski definition) is 1. The van der Waals surface area contributed by atoms with E-state index in [0.29, 0.717) is 32.6 Å². The molecular formula is C20H17FN2O3S. The van der Waals surface area contributed by atoms with E-state index in [-0.39, 0.29) is 24.1 Å². The van der Waals surface area contributed by atoms with E-state index in [1.807, 2.05) is 0 Å². The van der Waals surface area contributed by atoms with E-state index in [1.54, 1.807) is 31.2 Å². The lowest BCUT2D eigenvalue weighted by molar-refractivity contribution is 0.101. The van der Waals surface area contributed by atoms with Gasteiger partial charge < -0.3 is 10.1 Å². The van der Waals surface area contributed by atoms with E-state index in [4.69, 9.17) is 4.74 Å². The molecule has 0 atom stereocenters. The van der Waals surface area contributed by atoms with E-state index in [0.717, 1.165) is 0 Å². The molecule has 0 saturated heterocycles. The highest BCUT2D eigenvalue weighted by Gasteiger charge is 2.16. The van der Waals surface area contributed by atoms with Crippen LogP contribution in [-0.4, -0.2) is 16.7 Å². The molecule has 0 fully saturated rings. The lowest BCUT2D eigenvalue weighted by atomic mass is 10.1. The normalized spacial score (nSPS) is 10.5. The molecule has 1 aromatic heterocycles. The lowest BCUT2D eigenvalue weighted by Crippen LogP contribution is -2.11. The fourth-order valence-electron chi connectivity index (χ4n) is 2.38. The highest BCUT2D eigenvalue weighted by atomic mass is 32.1. The number of carbonyl (C=O) groups excluding carboxylic acids is 2. The van der Waals surface area contributed by atoms with Gasteiger partial charge >= 0.3 is 0 Å². The quantitative estimate of drug-likeness (QED) is 0.630. The summed E-state index contributed by atoms with van der Waals surface area (Å²) in [5.41, 5.74) is 1.79. The number of nitrogens with one attached hydrogen (secondary N) is 1. The van der Waals surface area contributed by atoms with Crippen LogP contribution < -0.4 is 10.1 Å². The number of benzene rings is 2. The topological polar surface area (TPSA) is 68.3 Å². The molecular weight excluding hydrogens is 367 g/mol. The molecule has 3 rings (SSSR count). The van der Waals surface area contributed by atoms with Crippen molar-refractivity contribution in [1.82, 2.24) is 4.98 Å². The maximum atomic E-state index is 12.9.